The summed E-state index contributed by atoms with van der Waals surface area (Å²) in [6, 6.07) is 13.4. The maximum Gasteiger partial charge on any atom is 0.255 e. The second-order valence-corrected chi connectivity index (χ2v) is 9.41. The average molecular weight is 507 g/mol. The second kappa shape index (κ2) is 10.2. The molecule has 2 aromatic carbocycles. The van der Waals surface area contributed by atoms with Gasteiger partial charge in [0, 0.05) is 32.6 Å². The molecule has 0 saturated carbocycles. The minimum absolute atomic E-state index is 0.0535. The van der Waals surface area contributed by atoms with Crippen LogP contribution in [0.1, 0.15) is 41.6 Å². The van der Waals surface area contributed by atoms with Gasteiger partial charge in [0.15, 0.2) is 5.65 Å². The van der Waals surface area contributed by atoms with Gasteiger partial charge in [0.05, 0.1) is 27.4 Å². The molecule has 36 heavy (non-hydrogen) atoms. The second-order valence-electron chi connectivity index (χ2n) is 9.00. The number of amides is 1. The zero-order valence-electron chi connectivity index (χ0n) is 20.4. The maximum atomic E-state index is 13.6. The molecule has 186 valence electrons. The molecule has 5 rings (SSSR count). The van der Waals surface area contributed by atoms with Gasteiger partial charge in [-0.15, -0.1) is 0 Å². The largest absolute Gasteiger partial charge is 0.354 e. The Morgan fingerprint density at radius 2 is 1.81 bits per heavy atom. The summed E-state index contributed by atoms with van der Waals surface area (Å²) in [6.07, 6.45) is 2.45. The van der Waals surface area contributed by atoms with Gasteiger partial charge < -0.3 is 9.80 Å². The van der Waals surface area contributed by atoms with Gasteiger partial charge in [0.25, 0.3) is 5.91 Å². The SMILES string of the molecule is CCCc1nc(N2CCCN(C(=O)c3ccccc3Cl)CC2)c2c(C)nn(-c3ccc(F)cc3)c2n1. The Morgan fingerprint density at radius 3 is 2.56 bits per heavy atom. The summed E-state index contributed by atoms with van der Waals surface area (Å²) >= 11 is 6.29. The van der Waals surface area contributed by atoms with Gasteiger partial charge in [0.2, 0.25) is 0 Å². The minimum Gasteiger partial charge on any atom is -0.354 e. The molecule has 7 nitrogen and oxygen atoms in total. The number of aromatic nitrogens is 4. The first-order valence-electron chi connectivity index (χ1n) is 12.3. The van der Waals surface area contributed by atoms with Crippen LogP contribution < -0.4 is 4.90 Å². The quantitative estimate of drug-likeness (QED) is 0.371. The number of benzene rings is 2. The number of fused-ring (bicyclic) bond motifs is 1. The lowest BCUT2D eigenvalue weighted by atomic mass is 10.2. The Morgan fingerprint density at radius 1 is 1.03 bits per heavy atom. The molecule has 0 unspecified atom stereocenters. The summed E-state index contributed by atoms with van der Waals surface area (Å²) in [4.78, 5) is 27.1. The Bertz CT molecular complexity index is 1400. The van der Waals surface area contributed by atoms with Gasteiger partial charge >= 0.3 is 0 Å². The molecule has 4 aromatic rings. The van der Waals surface area contributed by atoms with E-state index in [-0.39, 0.29) is 11.7 Å². The third-order valence-corrected chi connectivity index (χ3v) is 6.79. The lowest BCUT2D eigenvalue weighted by Gasteiger charge is -2.24. The van der Waals surface area contributed by atoms with Gasteiger partial charge in [-0.25, -0.2) is 19.0 Å². The Labute approximate surface area is 214 Å². The van der Waals surface area contributed by atoms with Crippen LogP contribution in [0.4, 0.5) is 10.2 Å². The van der Waals surface area contributed by atoms with E-state index in [1.165, 1.54) is 12.1 Å². The molecule has 2 aromatic heterocycles. The van der Waals surface area contributed by atoms with Gasteiger partial charge in [0.1, 0.15) is 17.5 Å². The molecule has 1 fully saturated rings. The molecule has 0 radical (unpaired) electrons. The van der Waals surface area contributed by atoms with Crippen LogP contribution in [-0.4, -0.2) is 56.7 Å². The molecule has 1 amide bonds. The smallest absolute Gasteiger partial charge is 0.255 e. The standard InChI is InChI=1S/C27H28ClFN6O/c1-3-7-23-30-25(24-18(2)32-35(26(24)31-23)20-12-10-19(29)11-13-20)33-14-6-15-34(17-16-33)27(36)21-8-4-5-9-22(21)28/h4-5,8-13H,3,6-7,14-17H2,1-2H3. The molecule has 1 saturated heterocycles. The lowest BCUT2D eigenvalue weighted by molar-refractivity contribution is 0.0767. The van der Waals surface area contributed by atoms with Gasteiger partial charge in [-0.2, -0.15) is 5.10 Å². The normalized spacial score (nSPS) is 14.3. The Balaban J connectivity index is 1.50. The van der Waals surface area contributed by atoms with Crippen LogP contribution in [-0.2, 0) is 6.42 Å². The molecule has 0 spiro atoms. The zero-order valence-corrected chi connectivity index (χ0v) is 21.2. The van der Waals surface area contributed by atoms with Crippen molar-refractivity contribution in [3.63, 3.8) is 0 Å². The van der Waals surface area contributed by atoms with Crippen molar-refractivity contribution in [2.45, 2.75) is 33.1 Å². The van der Waals surface area contributed by atoms with Gasteiger partial charge in [-0.3, -0.25) is 4.79 Å². The zero-order chi connectivity index (χ0) is 25.2. The van der Waals surface area contributed by atoms with Crippen LogP contribution in [0.2, 0.25) is 5.02 Å². The first kappa shape index (κ1) is 24.2. The van der Waals surface area contributed by atoms with Crippen LogP contribution in [0, 0.1) is 12.7 Å². The van der Waals surface area contributed by atoms with Gasteiger partial charge in [-0.1, -0.05) is 30.7 Å². The number of carbonyl (C=O) groups is 1. The fourth-order valence-corrected chi connectivity index (χ4v) is 4.89. The first-order valence-corrected chi connectivity index (χ1v) is 12.6. The van der Waals surface area contributed by atoms with Crippen molar-refractivity contribution < 1.29 is 9.18 Å². The summed E-state index contributed by atoms with van der Waals surface area (Å²) < 4.78 is 15.3. The van der Waals surface area contributed by atoms with E-state index in [0.29, 0.717) is 35.9 Å². The van der Waals surface area contributed by atoms with E-state index >= 15 is 0 Å². The Hall–Kier alpha value is -3.52. The summed E-state index contributed by atoms with van der Waals surface area (Å²) in [5.74, 6) is 1.23. The molecule has 0 aliphatic carbocycles. The number of carbonyl (C=O) groups excluding carboxylic acids is 1. The van der Waals surface area contributed by atoms with Crippen molar-refractivity contribution in [3.05, 3.63) is 76.5 Å². The molecule has 3 heterocycles. The van der Waals surface area contributed by atoms with E-state index in [1.807, 2.05) is 24.0 Å². The fraction of sp³-hybridized carbons (Fsp3) is 0.333. The number of aryl methyl sites for hydroxylation is 2. The van der Waals surface area contributed by atoms with E-state index in [4.69, 9.17) is 26.7 Å². The van der Waals surface area contributed by atoms with Crippen LogP contribution in [0.15, 0.2) is 48.5 Å². The van der Waals surface area contributed by atoms with Crippen molar-refractivity contribution in [2.75, 3.05) is 31.1 Å². The molecule has 0 atom stereocenters. The predicted octanol–water partition coefficient (Wildman–Crippen LogP) is 5.22. The number of rotatable bonds is 5. The number of hydrogen-bond acceptors (Lipinski definition) is 5. The highest BCUT2D eigenvalue weighted by Gasteiger charge is 2.26. The molecule has 1 aliphatic rings. The van der Waals surface area contributed by atoms with E-state index in [0.717, 1.165) is 54.2 Å². The molecule has 0 bridgehead atoms. The number of anilines is 1. The third kappa shape index (κ3) is 4.65. The summed E-state index contributed by atoms with van der Waals surface area (Å²) in [7, 11) is 0. The van der Waals surface area contributed by atoms with E-state index < -0.39 is 0 Å². The van der Waals surface area contributed by atoms with Crippen molar-refractivity contribution >= 4 is 34.4 Å². The summed E-state index contributed by atoms with van der Waals surface area (Å²) in [5, 5.41) is 6.09. The van der Waals surface area contributed by atoms with E-state index in [9.17, 15) is 9.18 Å². The monoisotopic (exact) mass is 506 g/mol. The maximum absolute atomic E-state index is 13.6. The van der Waals surface area contributed by atoms with Crippen LogP contribution in [0.3, 0.4) is 0 Å². The summed E-state index contributed by atoms with van der Waals surface area (Å²) in [6.45, 7) is 6.63. The third-order valence-electron chi connectivity index (χ3n) is 6.46. The molecular weight excluding hydrogens is 479 g/mol. The van der Waals surface area contributed by atoms with Crippen molar-refractivity contribution in [2.24, 2.45) is 0 Å². The van der Waals surface area contributed by atoms with E-state index in [2.05, 4.69) is 11.8 Å². The molecule has 9 heteroatoms. The minimum atomic E-state index is -0.297. The summed E-state index contributed by atoms with van der Waals surface area (Å²) in [5.41, 5.74) is 2.79. The van der Waals surface area contributed by atoms with Crippen molar-refractivity contribution in [3.8, 4) is 5.69 Å². The number of hydrogen-bond donors (Lipinski definition) is 0. The van der Waals surface area contributed by atoms with Crippen LogP contribution in [0.5, 0.6) is 0 Å². The lowest BCUT2D eigenvalue weighted by Crippen LogP contribution is -2.35. The highest BCUT2D eigenvalue weighted by molar-refractivity contribution is 6.33. The van der Waals surface area contributed by atoms with Crippen molar-refractivity contribution in [1.29, 1.82) is 0 Å². The fourth-order valence-electron chi connectivity index (χ4n) is 4.67. The Kier molecular flexibility index (Phi) is 6.87. The van der Waals surface area contributed by atoms with Crippen molar-refractivity contribution in [1.82, 2.24) is 24.6 Å². The topological polar surface area (TPSA) is 67.2 Å². The highest BCUT2D eigenvalue weighted by Crippen LogP contribution is 2.30. The van der Waals surface area contributed by atoms with Gasteiger partial charge in [-0.05, 0) is 56.2 Å². The molecular formula is C27H28ClFN6O. The molecule has 0 N–H and O–H groups in total. The highest BCUT2D eigenvalue weighted by atomic mass is 35.5. The molecule has 1 aliphatic heterocycles. The number of halogens is 2. The first-order chi connectivity index (χ1) is 17.5. The van der Waals surface area contributed by atoms with Crippen LogP contribution in [0.25, 0.3) is 16.7 Å². The van der Waals surface area contributed by atoms with E-state index in [1.54, 1.807) is 28.9 Å². The predicted molar refractivity (Wildman–Crippen MR) is 140 cm³/mol. The average Bonchev–Trinajstić information content (AvgIpc) is 3.04. The number of nitrogens with zero attached hydrogens (tertiary/aromatic N) is 6. The van der Waals surface area contributed by atoms with Crippen LogP contribution >= 0.6 is 11.6 Å².